The number of aldehydes is 1. The van der Waals surface area contributed by atoms with E-state index in [1.54, 1.807) is 0 Å². The van der Waals surface area contributed by atoms with Crippen molar-refractivity contribution in [3.8, 4) is 0 Å². The number of alkyl halides is 3. The molecule has 0 radical (unpaired) electrons. The number of carbonyl (C=O) groups excluding carboxylic acids is 3. The van der Waals surface area contributed by atoms with Crippen LogP contribution in [0.15, 0.2) is 60.7 Å². The number of ether oxygens (including phenoxy) is 1. The number of hydrogen-bond acceptors (Lipinski definition) is 5. The number of nitrogens with one attached hydrogen (secondary N) is 2. The van der Waals surface area contributed by atoms with Gasteiger partial charge in [-0.05, 0) is 30.3 Å². The van der Waals surface area contributed by atoms with Crippen molar-refractivity contribution in [2.45, 2.75) is 6.18 Å². The van der Waals surface area contributed by atoms with Gasteiger partial charge in [-0.2, -0.15) is 13.2 Å². The molecule has 0 atom stereocenters. The highest BCUT2D eigenvalue weighted by molar-refractivity contribution is 6.35. The summed E-state index contributed by atoms with van der Waals surface area (Å²) >= 11 is 5.91. The third kappa shape index (κ3) is 4.99. The number of carbonyl (C=O) groups is 3. The fraction of sp³-hybridized carbons (Fsp3) is 0.0833. The molecule has 3 aromatic carbocycles. The summed E-state index contributed by atoms with van der Waals surface area (Å²) in [6, 6.07) is 12.8. The fourth-order valence-corrected chi connectivity index (χ4v) is 3.52. The molecule has 34 heavy (non-hydrogen) atoms. The van der Waals surface area contributed by atoms with Crippen molar-refractivity contribution in [3.05, 3.63) is 99.1 Å². The summed E-state index contributed by atoms with van der Waals surface area (Å²) in [4.78, 5) is 36.2. The number of rotatable bonds is 6. The zero-order valence-corrected chi connectivity index (χ0v) is 18.3. The van der Waals surface area contributed by atoms with Crippen molar-refractivity contribution in [2.75, 3.05) is 12.4 Å². The van der Waals surface area contributed by atoms with Gasteiger partial charge in [0, 0.05) is 16.7 Å². The normalized spacial score (nSPS) is 11.0. The van der Waals surface area contributed by atoms with Crippen molar-refractivity contribution in [3.63, 3.8) is 0 Å². The number of methoxy groups -OCH3 is 1. The molecule has 6 nitrogen and oxygen atoms in total. The Balaban J connectivity index is 2.04. The van der Waals surface area contributed by atoms with E-state index in [9.17, 15) is 27.6 Å². The number of halogens is 4. The predicted molar refractivity (Wildman–Crippen MR) is 120 cm³/mol. The van der Waals surface area contributed by atoms with Crippen LogP contribution in [0.2, 0.25) is 5.02 Å². The summed E-state index contributed by atoms with van der Waals surface area (Å²) in [5, 5.41) is 10.5. The Bertz CT molecular complexity index is 1290. The molecular weight excluding hydrogens is 473 g/mol. The van der Waals surface area contributed by atoms with Crippen LogP contribution in [0.4, 0.5) is 18.9 Å². The summed E-state index contributed by atoms with van der Waals surface area (Å²) < 4.78 is 44.9. The number of anilines is 1. The van der Waals surface area contributed by atoms with Crippen LogP contribution >= 0.6 is 11.6 Å². The molecule has 0 bridgehead atoms. The van der Waals surface area contributed by atoms with E-state index in [4.69, 9.17) is 17.0 Å². The molecule has 0 spiro atoms. The van der Waals surface area contributed by atoms with Crippen molar-refractivity contribution in [1.82, 2.24) is 0 Å². The maximum Gasteiger partial charge on any atom is 0.417 e. The Morgan fingerprint density at radius 2 is 1.59 bits per heavy atom. The van der Waals surface area contributed by atoms with Gasteiger partial charge >= 0.3 is 12.1 Å². The lowest BCUT2D eigenvalue weighted by atomic mass is 9.95. The zero-order chi connectivity index (χ0) is 25.0. The van der Waals surface area contributed by atoms with E-state index in [0.29, 0.717) is 6.29 Å². The monoisotopic (exact) mass is 488 g/mol. The van der Waals surface area contributed by atoms with Crippen molar-refractivity contribution < 1.29 is 32.3 Å². The minimum absolute atomic E-state index is 0.0164. The van der Waals surface area contributed by atoms with Gasteiger partial charge in [0.25, 0.3) is 5.91 Å². The smallest absolute Gasteiger partial charge is 0.417 e. The summed E-state index contributed by atoms with van der Waals surface area (Å²) in [5.74, 6) is -1.74. The van der Waals surface area contributed by atoms with E-state index in [-0.39, 0.29) is 33.7 Å². The molecule has 2 N–H and O–H groups in total. The van der Waals surface area contributed by atoms with Gasteiger partial charge < -0.3 is 10.1 Å². The number of benzene rings is 3. The van der Waals surface area contributed by atoms with Crippen LogP contribution in [0.5, 0.6) is 0 Å². The first-order chi connectivity index (χ1) is 16.1. The molecule has 0 fully saturated rings. The van der Waals surface area contributed by atoms with Gasteiger partial charge in [0.2, 0.25) is 0 Å². The topological polar surface area (TPSA) is 96.3 Å². The highest BCUT2D eigenvalue weighted by Crippen LogP contribution is 2.35. The molecule has 0 aliphatic rings. The molecule has 0 aromatic heterocycles. The van der Waals surface area contributed by atoms with Gasteiger partial charge in [0.15, 0.2) is 6.29 Å². The largest absolute Gasteiger partial charge is 0.465 e. The molecular formula is C24H16ClF3N2O4. The molecule has 0 aliphatic carbocycles. The summed E-state index contributed by atoms with van der Waals surface area (Å²) in [5.41, 5.74) is -1.75. The lowest BCUT2D eigenvalue weighted by Crippen LogP contribution is -2.21. The molecule has 3 rings (SSSR count). The fourth-order valence-electron chi connectivity index (χ4n) is 3.26. The lowest BCUT2D eigenvalue weighted by molar-refractivity contribution is -0.137. The van der Waals surface area contributed by atoms with Crippen LogP contribution < -0.4 is 5.32 Å². The maximum absolute atomic E-state index is 13.4. The number of amides is 1. The Morgan fingerprint density at radius 1 is 0.971 bits per heavy atom. The van der Waals surface area contributed by atoms with E-state index in [1.165, 1.54) is 49.6 Å². The van der Waals surface area contributed by atoms with Crippen LogP contribution in [0.1, 0.15) is 47.8 Å². The van der Waals surface area contributed by atoms with Crippen LogP contribution in [0.3, 0.4) is 0 Å². The standard InChI is InChI=1S/C24H16ClF3N2O4/c1-34-23(33)14-10-8-13(9-11-14)21(29)19-15(12-31)4-2-7-18(19)30-22(32)20-16(24(26,27)28)5-3-6-17(20)25/h2-12,29H,1H3,(H,30,32). The lowest BCUT2D eigenvalue weighted by Gasteiger charge is -2.17. The van der Waals surface area contributed by atoms with Gasteiger partial charge in [0.1, 0.15) is 0 Å². The molecule has 0 heterocycles. The Morgan fingerprint density at radius 3 is 2.18 bits per heavy atom. The average molecular weight is 489 g/mol. The third-order valence-corrected chi connectivity index (χ3v) is 5.18. The minimum atomic E-state index is -4.83. The Kier molecular flexibility index (Phi) is 7.17. The summed E-state index contributed by atoms with van der Waals surface area (Å²) in [6.07, 6.45) is -4.38. The van der Waals surface area contributed by atoms with Crippen molar-refractivity contribution >= 4 is 41.2 Å². The van der Waals surface area contributed by atoms with Crippen LogP contribution in [0.25, 0.3) is 0 Å². The van der Waals surface area contributed by atoms with E-state index in [1.807, 2.05) is 0 Å². The summed E-state index contributed by atoms with van der Waals surface area (Å²) in [6.45, 7) is 0. The average Bonchev–Trinajstić information content (AvgIpc) is 2.82. The molecule has 0 aliphatic heterocycles. The van der Waals surface area contributed by atoms with Crippen molar-refractivity contribution in [2.24, 2.45) is 0 Å². The van der Waals surface area contributed by atoms with Crippen molar-refractivity contribution in [1.29, 1.82) is 5.41 Å². The van der Waals surface area contributed by atoms with Gasteiger partial charge in [-0.15, -0.1) is 0 Å². The van der Waals surface area contributed by atoms with Crippen LogP contribution in [-0.2, 0) is 10.9 Å². The van der Waals surface area contributed by atoms with Crippen LogP contribution in [0, 0.1) is 5.41 Å². The molecule has 174 valence electrons. The molecule has 0 unspecified atom stereocenters. The van der Waals surface area contributed by atoms with Crippen LogP contribution in [-0.4, -0.2) is 31.0 Å². The predicted octanol–water partition coefficient (Wildman–Crippen LogP) is 5.63. The molecule has 3 aromatic rings. The first-order valence-corrected chi connectivity index (χ1v) is 9.99. The zero-order valence-electron chi connectivity index (χ0n) is 17.5. The highest BCUT2D eigenvalue weighted by Gasteiger charge is 2.36. The molecule has 0 saturated carbocycles. The SMILES string of the molecule is COC(=O)c1ccc(C(=N)c2c(C=O)cccc2NC(=O)c2c(Cl)cccc2C(F)(F)F)cc1. The maximum atomic E-state index is 13.4. The second-order valence-corrected chi connectivity index (χ2v) is 7.35. The van der Waals surface area contributed by atoms with E-state index in [0.717, 1.165) is 18.2 Å². The first kappa shape index (κ1) is 24.7. The molecule has 10 heteroatoms. The number of hydrogen-bond donors (Lipinski definition) is 2. The van der Waals surface area contributed by atoms with E-state index >= 15 is 0 Å². The summed E-state index contributed by atoms with van der Waals surface area (Å²) in [7, 11) is 1.22. The van der Waals surface area contributed by atoms with E-state index < -0.39 is 34.2 Å². The quantitative estimate of drug-likeness (QED) is 0.267. The minimum Gasteiger partial charge on any atom is -0.465 e. The second-order valence-electron chi connectivity index (χ2n) is 6.95. The van der Waals surface area contributed by atoms with Gasteiger partial charge in [0.05, 0.1) is 40.2 Å². The van der Waals surface area contributed by atoms with Gasteiger partial charge in [-0.3, -0.25) is 15.0 Å². The first-order valence-electron chi connectivity index (χ1n) is 9.61. The second kappa shape index (κ2) is 9.88. The van der Waals surface area contributed by atoms with Gasteiger partial charge in [-0.1, -0.05) is 41.9 Å². The Hall–Kier alpha value is -3.98. The Labute approximate surface area is 196 Å². The highest BCUT2D eigenvalue weighted by atomic mass is 35.5. The molecule has 1 amide bonds. The molecule has 0 saturated heterocycles. The third-order valence-electron chi connectivity index (χ3n) is 4.86. The van der Waals surface area contributed by atoms with Gasteiger partial charge in [-0.25, -0.2) is 4.79 Å². The van der Waals surface area contributed by atoms with E-state index in [2.05, 4.69) is 10.1 Å². The number of esters is 1.